The lowest BCUT2D eigenvalue weighted by Crippen LogP contribution is -2.58. The molecule has 2 atom stereocenters. The quantitative estimate of drug-likeness (QED) is 0.188. The third kappa shape index (κ3) is 5.69. The minimum Gasteiger partial charge on any atom is -0.504 e. The van der Waals surface area contributed by atoms with E-state index in [4.69, 9.17) is 9.47 Å². The molecule has 9 heteroatoms. The SMILES string of the molecule is CCCCOC(=O)C1(OC(=O)C=Cc2ccc(O)c(O)c2)C[C@@H](O)C(O)[C@H](O)C1. The van der Waals surface area contributed by atoms with Crippen molar-refractivity contribution in [2.24, 2.45) is 0 Å². The number of rotatable bonds is 7. The largest absolute Gasteiger partial charge is 0.504 e. The fourth-order valence-corrected chi connectivity index (χ4v) is 3.02. The predicted molar refractivity (Wildman–Crippen MR) is 101 cm³/mol. The van der Waals surface area contributed by atoms with E-state index in [-0.39, 0.29) is 18.1 Å². The van der Waals surface area contributed by atoms with Gasteiger partial charge in [-0.05, 0) is 30.2 Å². The van der Waals surface area contributed by atoms with E-state index in [9.17, 15) is 35.1 Å². The van der Waals surface area contributed by atoms with Crippen LogP contribution in [0.5, 0.6) is 11.5 Å². The summed E-state index contributed by atoms with van der Waals surface area (Å²) in [5.41, 5.74) is -1.56. The van der Waals surface area contributed by atoms with Gasteiger partial charge in [-0.25, -0.2) is 9.59 Å². The number of phenolic OH excluding ortho intramolecular Hbond substituents is 2. The summed E-state index contributed by atoms with van der Waals surface area (Å²) in [7, 11) is 0. The van der Waals surface area contributed by atoms with Crippen molar-refractivity contribution in [3.05, 3.63) is 29.8 Å². The number of aliphatic hydroxyl groups is 3. The molecule has 0 spiro atoms. The zero-order valence-corrected chi connectivity index (χ0v) is 16.0. The number of aliphatic hydroxyl groups excluding tert-OH is 3. The van der Waals surface area contributed by atoms with E-state index in [0.717, 1.165) is 12.5 Å². The van der Waals surface area contributed by atoms with Crippen LogP contribution in [0.3, 0.4) is 0 Å². The number of hydrogen-bond acceptors (Lipinski definition) is 9. The standard InChI is InChI=1S/C20H26O9/c1-2-3-8-28-19(27)20(10-15(23)18(26)16(24)11-20)29-17(25)7-5-12-4-6-13(21)14(22)9-12/h4-7,9,15-16,18,21-24,26H,2-3,8,10-11H2,1H3/t15-,16-,18?,20?/m1/s1. The average Bonchev–Trinajstić information content (AvgIpc) is 2.67. The van der Waals surface area contributed by atoms with Crippen molar-refractivity contribution in [1.29, 1.82) is 0 Å². The summed E-state index contributed by atoms with van der Waals surface area (Å²) in [4.78, 5) is 24.9. The van der Waals surface area contributed by atoms with E-state index in [1.807, 2.05) is 6.92 Å². The van der Waals surface area contributed by atoms with Crippen LogP contribution in [0.4, 0.5) is 0 Å². The Morgan fingerprint density at radius 2 is 1.79 bits per heavy atom. The number of phenols is 2. The molecular formula is C20H26O9. The topological polar surface area (TPSA) is 154 Å². The van der Waals surface area contributed by atoms with Gasteiger partial charge in [-0.15, -0.1) is 0 Å². The van der Waals surface area contributed by atoms with Gasteiger partial charge in [0.05, 0.1) is 18.8 Å². The molecule has 0 aliphatic heterocycles. The smallest absolute Gasteiger partial charge is 0.350 e. The molecule has 1 aliphatic carbocycles. The molecule has 5 N–H and O–H groups in total. The van der Waals surface area contributed by atoms with Crippen LogP contribution in [-0.2, 0) is 19.1 Å². The highest BCUT2D eigenvalue weighted by molar-refractivity contribution is 5.91. The van der Waals surface area contributed by atoms with E-state index in [1.54, 1.807) is 0 Å². The number of benzene rings is 1. The van der Waals surface area contributed by atoms with Crippen molar-refractivity contribution in [2.45, 2.75) is 56.5 Å². The van der Waals surface area contributed by atoms with Crippen LogP contribution in [-0.4, -0.2) is 68.0 Å². The Kier molecular flexibility index (Phi) is 7.60. The van der Waals surface area contributed by atoms with E-state index in [1.165, 1.54) is 24.3 Å². The molecule has 9 nitrogen and oxygen atoms in total. The second-order valence-corrected chi connectivity index (χ2v) is 7.02. The molecule has 0 heterocycles. The highest BCUT2D eigenvalue weighted by Gasteiger charge is 2.53. The molecule has 0 saturated heterocycles. The zero-order valence-electron chi connectivity index (χ0n) is 16.0. The minimum absolute atomic E-state index is 0.0893. The lowest BCUT2D eigenvalue weighted by atomic mass is 9.79. The molecule has 29 heavy (non-hydrogen) atoms. The molecule has 160 valence electrons. The number of carbonyl (C=O) groups excluding carboxylic acids is 2. The first-order valence-corrected chi connectivity index (χ1v) is 9.33. The summed E-state index contributed by atoms with van der Waals surface area (Å²) in [5, 5.41) is 48.6. The predicted octanol–water partition coefficient (Wildman–Crippen LogP) is 0.613. The van der Waals surface area contributed by atoms with Gasteiger partial charge in [0.2, 0.25) is 5.60 Å². The maximum Gasteiger partial charge on any atom is 0.350 e. The van der Waals surface area contributed by atoms with Crippen LogP contribution >= 0.6 is 0 Å². The number of carbonyl (C=O) groups is 2. The molecule has 0 radical (unpaired) electrons. The Hall–Kier alpha value is -2.62. The lowest BCUT2D eigenvalue weighted by molar-refractivity contribution is -0.205. The number of aromatic hydroxyl groups is 2. The first-order valence-electron chi connectivity index (χ1n) is 9.33. The normalized spacial score (nSPS) is 27.0. The van der Waals surface area contributed by atoms with Gasteiger partial charge >= 0.3 is 11.9 Å². The van der Waals surface area contributed by atoms with Gasteiger partial charge in [0.15, 0.2) is 11.5 Å². The van der Waals surface area contributed by atoms with Crippen LogP contribution in [0, 0.1) is 0 Å². The number of unbranched alkanes of at least 4 members (excludes halogenated alkanes) is 1. The van der Waals surface area contributed by atoms with Gasteiger partial charge in [-0.2, -0.15) is 0 Å². The van der Waals surface area contributed by atoms with Gasteiger partial charge in [-0.3, -0.25) is 0 Å². The Morgan fingerprint density at radius 1 is 1.14 bits per heavy atom. The van der Waals surface area contributed by atoms with Crippen LogP contribution in [0.1, 0.15) is 38.2 Å². The first kappa shape index (κ1) is 22.7. The molecule has 0 aromatic heterocycles. The van der Waals surface area contributed by atoms with E-state index < -0.39 is 48.7 Å². The number of hydrogen-bond donors (Lipinski definition) is 5. The molecule has 1 aromatic carbocycles. The van der Waals surface area contributed by atoms with Crippen molar-refractivity contribution in [3.63, 3.8) is 0 Å². The molecular weight excluding hydrogens is 384 g/mol. The summed E-state index contributed by atoms with van der Waals surface area (Å²) in [6.07, 6.45) is -1.63. The van der Waals surface area contributed by atoms with Crippen molar-refractivity contribution in [1.82, 2.24) is 0 Å². The average molecular weight is 410 g/mol. The van der Waals surface area contributed by atoms with Crippen molar-refractivity contribution < 1.29 is 44.6 Å². The summed E-state index contributed by atoms with van der Waals surface area (Å²) in [6, 6.07) is 3.90. The third-order valence-corrected chi connectivity index (χ3v) is 4.68. The monoisotopic (exact) mass is 410 g/mol. The summed E-state index contributed by atoms with van der Waals surface area (Å²) >= 11 is 0. The Labute approximate surface area is 167 Å². The summed E-state index contributed by atoms with van der Waals surface area (Å²) < 4.78 is 10.4. The van der Waals surface area contributed by atoms with Crippen LogP contribution in [0.25, 0.3) is 6.08 Å². The molecule has 0 amide bonds. The second kappa shape index (κ2) is 9.73. The van der Waals surface area contributed by atoms with Crippen LogP contribution < -0.4 is 0 Å². The second-order valence-electron chi connectivity index (χ2n) is 7.02. The summed E-state index contributed by atoms with van der Waals surface area (Å²) in [6.45, 7) is 1.99. The highest BCUT2D eigenvalue weighted by atomic mass is 16.6. The molecule has 1 aliphatic rings. The van der Waals surface area contributed by atoms with E-state index >= 15 is 0 Å². The molecule has 0 bridgehead atoms. The molecule has 2 rings (SSSR count). The van der Waals surface area contributed by atoms with Crippen molar-refractivity contribution >= 4 is 18.0 Å². The maximum absolute atomic E-state index is 12.6. The summed E-state index contributed by atoms with van der Waals surface area (Å²) in [5.74, 6) is -2.54. The molecule has 0 unspecified atom stereocenters. The van der Waals surface area contributed by atoms with Gasteiger partial charge in [0.25, 0.3) is 0 Å². The fraction of sp³-hybridized carbons (Fsp3) is 0.500. The first-order chi connectivity index (χ1) is 13.7. The molecule has 1 aromatic rings. The number of ether oxygens (including phenoxy) is 2. The third-order valence-electron chi connectivity index (χ3n) is 4.68. The van der Waals surface area contributed by atoms with Crippen LogP contribution in [0.15, 0.2) is 24.3 Å². The van der Waals surface area contributed by atoms with Gasteiger partial charge in [0.1, 0.15) is 6.10 Å². The van der Waals surface area contributed by atoms with Crippen LogP contribution in [0.2, 0.25) is 0 Å². The molecule has 1 fully saturated rings. The Balaban J connectivity index is 2.17. The van der Waals surface area contributed by atoms with E-state index in [2.05, 4.69) is 0 Å². The van der Waals surface area contributed by atoms with Gasteiger partial charge in [0, 0.05) is 18.9 Å². The van der Waals surface area contributed by atoms with Crippen molar-refractivity contribution in [2.75, 3.05) is 6.61 Å². The van der Waals surface area contributed by atoms with Gasteiger partial charge in [-0.1, -0.05) is 19.4 Å². The number of esters is 2. The minimum atomic E-state index is -1.94. The van der Waals surface area contributed by atoms with E-state index in [0.29, 0.717) is 12.0 Å². The Morgan fingerprint density at radius 3 is 2.38 bits per heavy atom. The van der Waals surface area contributed by atoms with Gasteiger partial charge < -0.3 is 35.0 Å². The maximum atomic E-state index is 12.6. The fourth-order valence-electron chi connectivity index (χ4n) is 3.02. The Bertz CT molecular complexity index is 746. The highest BCUT2D eigenvalue weighted by Crippen LogP contribution is 2.34. The zero-order chi connectivity index (χ0) is 21.6. The van der Waals surface area contributed by atoms with Crippen molar-refractivity contribution in [3.8, 4) is 11.5 Å². The lowest BCUT2D eigenvalue weighted by Gasteiger charge is -2.40. The molecule has 1 saturated carbocycles.